The van der Waals surface area contributed by atoms with E-state index < -0.39 is 4.92 Å². The van der Waals surface area contributed by atoms with Crippen LogP contribution in [0.2, 0.25) is 5.02 Å². The van der Waals surface area contributed by atoms with Gasteiger partial charge in [0.25, 0.3) is 0 Å². The van der Waals surface area contributed by atoms with Crippen LogP contribution in [0.25, 0.3) is 0 Å². The van der Waals surface area contributed by atoms with Gasteiger partial charge in [-0.2, -0.15) is 0 Å². The summed E-state index contributed by atoms with van der Waals surface area (Å²) >= 11 is 9.28. The first-order valence-corrected chi connectivity index (χ1v) is 7.15. The number of hydrogen-bond acceptors (Lipinski definition) is 6. The first kappa shape index (κ1) is 15.5. The molecule has 0 bridgehead atoms. The average molecular weight is 373 g/mol. The Balaban J connectivity index is 2.41. The summed E-state index contributed by atoms with van der Waals surface area (Å²) < 4.78 is 0.736. The summed E-state index contributed by atoms with van der Waals surface area (Å²) in [5, 5.41) is 17.5. The third-order valence-corrected chi connectivity index (χ3v) is 3.76. The molecule has 0 saturated heterocycles. The Morgan fingerprint density at radius 1 is 1.38 bits per heavy atom. The van der Waals surface area contributed by atoms with E-state index in [1.807, 2.05) is 6.92 Å². The van der Waals surface area contributed by atoms with Crippen LogP contribution in [-0.4, -0.2) is 21.4 Å². The quantitative estimate of drug-likeness (QED) is 0.609. The summed E-state index contributed by atoms with van der Waals surface area (Å²) in [7, 11) is 0. The molecule has 7 nitrogen and oxygen atoms in total. The lowest BCUT2D eigenvalue weighted by atomic mass is 10.3. The summed E-state index contributed by atoms with van der Waals surface area (Å²) in [4.78, 5) is 18.5. The molecule has 0 fully saturated rings. The second-order valence-corrected chi connectivity index (χ2v) is 5.22. The Labute approximate surface area is 134 Å². The highest BCUT2D eigenvalue weighted by Crippen LogP contribution is 2.32. The highest BCUT2D eigenvalue weighted by Gasteiger charge is 2.22. The van der Waals surface area contributed by atoms with E-state index in [0.29, 0.717) is 17.3 Å². The summed E-state index contributed by atoms with van der Waals surface area (Å²) in [5.41, 5.74) is 0.380. The van der Waals surface area contributed by atoms with E-state index >= 15 is 0 Å². The molecule has 0 atom stereocenters. The average Bonchev–Trinajstić information content (AvgIpc) is 2.43. The van der Waals surface area contributed by atoms with Crippen LogP contribution in [0, 0.1) is 10.1 Å². The number of nitrogens with one attached hydrogen (secondary N) is 2. The van der Waals surface area contributed by atoms with Crippen molar-refractivity contribution in [2.75, 3.05) is 17.2 Å². The number of hydrogen-bond donors (Lipinski definition) is 2. The number of halogens is 2. The van der Waals surface area contributed by atoms with Gasteiger partial charge < -0.3 is 10.6 Å². The SMILES string of the molecule is CCNc1ncnc(Nc2ccc(Br)c(Cl)c2)c1[N+](=O)[O-]. The monoisotopic (exact) mass is 371 g/mol. The van der Waals surface area contributed by atoms with Crippen LogP contribution in [0.5, 0.6) is 0 Å². The minimum Gasteiger partial charge on any atom is -0.364 e. The molecule has 2 N–H and O–H groups in total. The van der Waals surface area contributed by atoms with Crippen LogP contribution in [-0.2, 0) is 0 Å². The molecule has 0 spiro atoms. The Bertz CT molecular complexity index is 683. The molecule has 21 heavy (non-hydrogen) atoms. The lowest BCUT2D eigenvalue weighted by molar-refractivity contribution is -0.383. The molecular weight excluding hydrogens is 362 g/mol. The Kier molecular flexibility index (Phi) is 4.92. The predicted molar refractivity (Wildman–Crippen MR) is 85.3 cm³/mol. The van der Waals surface area contributed by atoms with Gasteiger partial charge in [-0.1, -0.05) is 11.6 Å². The molecule has 0 saturated carbocycles. The van der Waals surface area contributed by atoms with E-state index in [1.165, 1.54) is 6.33 Å². The summed E-state index contributed by atoms with van der Waals surface area (Å²) in [6, 6.07) is 5.11. The van der Waals surface area contributed by atoms with Crippen molar-refractivity contribution >= 4 is 50.5 Å². The summed E-state index contributed by atoms with van der Waals surface area (Å²) in [6.45, 7) is 2.34. The highest BCUT2D eigenvalue weighted by molar-refractivity contribution is 9.10. The van der Waals surface area contributed by atoms with Gasteiger partial charge in [-0.15, -0.1) is 0 Å². The van der Waals surface area contributed by atoms with Crippen LogP contribution < -0.4 is 10.6 Å². The van der Waals surface area contributed by atoms with Gasteiger partial charge in [0, 0.05) is 16.7 Å². The Morgan fingerprint density at radius 2 is 2.10 bits per heavy atom. The van der Waals surface area contributed by atoms with Crippen molar-refractivity contribution in [1.29, 1.82) is 0 Å². The van der Waals surface area contributed by atoms with Crippen molar-refractivity contribution in [3.63, 3.8) is 0 Å². The first-order valence-electron chi connectivity index (χ1n) is 5.98. The molecule has 1 heterocycles. The third-order valence-electron chi connectivity index (χ3n) is 2.53. The zero-order valence-electron chi connectivity index (χ0n) is 10.9. The lowest BCUT2D eigenvalue weighted by Gasteiger charge is -2.09. The Morgan fingerprint density at radius 3 is 2.71 bits per heavy atom. The molecule has 110 valence electrons. The van der Waals surface area contributed by atoms with Gasteiger partial charge in [0.15, 0.2) is 0 Å². The van der Waals surface area contributed by atoms with Gasteiger partial charge in [-0.05, 0) is 41.1 Å². The molecule has 0 unspecified atom stereocenters. The molecule has 0 aliphatic rings. The molecule has 0 radical (unpaired) electrons. The second kappa shape index (κ2) is 6.68. The van der Waals surface area contributed by atoms with Crippen LogP contribution in [0.4, 0.5) is 23.0 Å². The lowest BCUT2D eigenvalue weighted by Crippen LogP contribution is -2.07. The van der Waals surface area contributed by atoms with Gasteiger partial charge >= 0.3 is 5.69 Å². The fourth-order valence-electron chi connectivity index (χ4n) is 1.65. The fraction of sp³-hybridized carbons (Fsp3) is 0.167. The van der Waals surface area contributed by atoms with E-state index in [4.69, 9.17) is 11.6 Å². The van der Waals surface area contributed by atoms with Gasteiger partial charge in [-0.3, -0.25) is 10.1 Å². The highest BCUT2D eigenvalue weighted by atomic mass is 79.9. The van der Waals surface area contributed by atoms with Crippen molar-refractivity contribution in [3.05, 3.63) is 44.1 Å². The maximum Gasteiger partial charge on any atom is 0.353 e. The van der Waals surface area contributed by atoms with Crippen molar-refractivity contribution in [1.82, 2.24) is 9.97 Å². The number of nitrogens with zero attached hydrogens (tertiary/aromatic N) is 3. The van der Waals surface area contributed by atoms with E-state index in [2.05, 4.69) is 36.5 Å². The van der Waals surface area contributed by atoms with Crippen molar-refractivity contribution in [2.24, 2.45) is 0 Å². The third kappa shape index (κ3) is 3.59. The molecular formula is C12H11BrClN5O2. The summed E-state index contributed by atoms with van der Waals surface area (Å²) in [5.74, 6) is 0.271. The molecule has 9 heteroatoms. The zero-order chi connectivity index (χ0) is 15.4. The van der Waals surface area contributed by atoms with Gasteiger partial charge in [0.2, 0.25) is 11.6 Å². The first-order chi connectivity index (χ1) is 10.0. The standard InChI is InChI=1S/C12H11BrClN5O2/c1-2-15-11-10(19(20)21)12(17-6-16-11)18-7-3-4-8(13)9(14)5-7/h3-6H,2H2,1H3,(H2,15,16,17,18). The number of aromatic nitrogens is 2. The molecule has 2 aromatic rings. The zero-order valence-corrected chi connectivity index (χ0v) is 13.3. The van der Waals surface area contributed by atoms with Crippen LogP contribution >= 0.6 is 27.5 Å². The fourth-order valence-corrected chi connectivity index (χ4v) is 2.08. The predicted octanol–water partition coefficient (Wildman–Crippen LogP) is 3.98. The Hall–Kier alpha value is -1.93. The topological polar surface area (TPSA) is 93.0 Å². The molecule has 0 aliphatic carbocycles. The van der Waals surface area contributed by atoms with Crippen LogP contribution in [0.1, 0.15) is 6.92 Å². The van der Waals surface area contributed by atoms with Gasteiger partial charge in [0.05, 0.1) is 9.95 Å². The molecule has 1 aromatic heterocycles. The summed E-state index contributed by atoms with van der Waals surface area (Å²) in [6.07, 6.45) is 1.26. The molecule has 1 aromatic carbocycles. The minimum atomic E-state index is -0.527. The minimum absolute atomic E-state index is 0.101. The number of rotatable bonds is 5. The van der Waals surface area contributed by atoms with E-state index in [9.17, 15) is 10.1 Å². The molecule has 2 rings (SSSR count). The van der Waals surface area contributed by atoms with E-state index in [-0.39, 0.29) is 17.3 Å². The van der Waals surface area contributed by atoms with Crippen LogP contribution in [0.3, 0.4) is 0 Å². The number of anilines is 3. The number of benzene rings is 1. The van der Waals surface area contributed by atoms with E-state index in [0.717, 1.165) is 4.47 Å². The van der Waals surface area contributed by atoms with Crippen LogP contribution in [0.15, 0.2) is 29.0 Å². The molecule has 0 amide bonds. The van der Waals surface area contributed by atoms with Gasteiger partial charge in [0.1, 0.15) is 6.33 Å². The van der Waals surface area contributed by atoms with Gasteiger partial charge in [-0.25, -0.2) is 9.97 Å². The normalized spacial score (nSPS) is 10.2. The smallest absolute Gasteiger partial charge is 0.353 e. The van der Waals surface area contributed by atoms with E-state index in [1.54, 1.807) is 18.2 Å². The second-order valence-electron chi connectivity index (χ2n) is 3.96. The largest absolute Gasteiger partial charge is 0.364 e. The van der Waals surface area contributed by atoms with Crippen molar-refractivity contribution in [2.45, 2.75) is 6.92 Å². The van der Waals surface area contributed by atoms with Crippen molar-refractivity contribution < 1.29 is 4.92 Å². The maximum atomic E-state index is 11.2. The van der Waals surface area contributed by atoms with Crippen molar-refractivity contribution in [3.8, 4) is 0 Å². The number of nitro groups is 1. The molecule has 0 aliphatic heterocycles. The maximum absolute atomic E-state index is 11.2.